The number of fused-ring (bicyclic) bond motifs is 1. The molecule has 154 valence electrons. The predicted octanol–water partition coefficient (Wildman–Crippen LogP) is 4.80. The van der Waals surface area contributed by atoms with E-state index in [2.05, 4.69) is 80.4 Å². The lowest BCUT2D eigenvalue weighted by Gasteiger charge is -2.41. The summed E-state index contributed by atoms with van der Waals surface area (Å²) in [6.45, 7) is 4.44. The molecular weight excluding hydrogens is 388 g/mol. The molecule has 5 rings (SSSR count). The third-order valence-electron chi connectivity index (χ3n) is 6.32. The van der Waals surface area contributed by atoms with Crippen molar-refractivity contribution in [3.63, 3.8) is 0 Å². The maximum absolute atomic E-state index is 4.57. The Hall–Kier alpha value is -2.37. The van der Waals surface area contributed by atoms with Gasteiger partial charge in [-0.1, -0.05) is 54.6 Å². The van der Waals surface area contributed by atoms with Crippen LogP contribution in [-0.2, 0) is 18.7 Å². The van der Waals surface area contributed by atoms with Crippen LogP contribution in [0.1, 0.15) is 29.5 Å². The van der Waals surface area contributed by atoms with Crippen LogP contribution in [0.5, 0.6) is 0 Å². The Bertz CT molecular complexity index is 970. The zero-order valence-electron chi connectivity index (χ0n) is 17.3. The third-order valence-corrected chi connectivity index (χ3v) is 7.32. The highest BCUT2D eigenvalue weighted by atomic mass is 32.2. The molecule has 4 nitrogen and oxygen atoms in total. The topological polar surface area (TPSA) is 32.3 Å². The van der Waals surface area contributed by atoms with Crippen molar-refractivity contribution in [1.82, 2.24) is 14.9 Å². The fourth-order valence-electron chi connectivity index (χ4n) is 4.60. The van der Waals surface area contributed by atoms with E-state index in [4.69, 9.17) is 0 Å². The Morgan fingerprint density at radius 3 is 2.47 bits per heavy atom. The molecule has 3 aromatic rings. The van der Waals surface area contributed by atoms with Gasteiger partial charge in [0.2, 0.25) is 0 Å². The first-order valence-corrected chi connectivity index (χ1v) is 11.9. The molecule has 2 aliphatic heterocycles. The smallest absolute Gasteiger partial charge is 0.133 e. The first-order chi connectivity index (χ1) is 14.8. The van der Waals surface area contributed by atoms with Gasteiger partial charge in [-0.2, -0.15) is 0 Å². The van der Waals surface area contributed by atoms with E-state index in [1.807, 2.05) is 0 Å². The van der Waals surface area contributed by atoms with Crippen LogP contribution < -0.4 is 4.90 Å². The highest BCUT2D eigenvalue weighted by Gasteiger charge is 2.27. The second-order valence-corrected chi connectivity index (χ2v) is 9.19. The summed E-state index contributed by atoms with van der Waals surface area (Å²) in [6.07, 6.45) is 5.32. The summed E-state index contributed by atoms with van der Waals surface area (Å²) in [5, 5.41) is 1.05. The van der Waals surface area contributed by atoms with E-state index in [0.29, 0.717) is 6.04 Å². The molecule has 0 aliphatic carbocycles. The van der Waals surface area contributed by atoms with Gasteiger partial charge in [-0.05, 0) is 36.0 Å². The SMILES string of the molecule is c1ccc(CSc2cc(N3CCC(N4CCc5ccccc5C4)CC3)ncn2)cc1. The number of thioether (sulfide) groups is 1. The number of benzene rings is 2. The van der Waals surface area contributed by atoms with Crippen molar-refractivity contribution in [2.45, 2.75) is 42.6 Å². The highest BCUT2D eigenvalue weighted by Crippen LogP contribution is 2.28. The van der Waals surface area contributed by atoms with E-state index in [1.165, 1.54) is 42.5 Å². The molecular formula is C25H28N4S. The Morgan fingerprint density at radius 1 is 0.867 bits per heavy atom. The Kier molecular flexibility index (Phi) is 6.00. The van der Waals surface area contributed by atoms with Crippen LogP contribution in [-0.4, -0.2) is 40.5 Å². The fraction of sp³-hybridized carbons (Fsp3) is 0.360. The predicted molar refractivity (Wildman–Crippen MR) is 124 cm³/mol. The molecule has 0 atom stereocenters. The van der Waals surface area contributed by atoms with Crippen LogP contribution in [0.3, 0.4) is 0 Å². The Labute approximate surface area is 183 Å². The Morgan fingerprint density at radius 2 is 1.63 bits per heavy atom. The van der Waals surface area contributed by atoms with Crippen molar-refractivity contribution < 1.29 is 0 Å². The molecule has 0 saturated carbocycles. The first-order valence-electron chi connectivity index (χ1n) is 10.9. The van der Waals surface area contributed by atoms with Gasteiger partial charge in [0.05, 0.1) is 0 Å². The van der Waals surface area contributed by atoms with Crippen LogP contribution in [0.2, 0.25) is 0 Å². The summed E-state index contributed by atoms with van der Waals surface area (Å²) in [7, 11) is 0. The van der Waals surface area contributed by atoms with Crippen molar-refractivity contribution in [3.05, 3.63) is 83.7 Å². The molecule has 3 heterocycles. The molecule has 0 bridgehead atoms. The molecule has 5 heteroatoms. The molecule has 2 aliphatic rings. The number of hydrogen-bond acceptors (Lipinski definition) is 5. The molecule has 1 fully saturated rings. The molecule has 0 spiro atoms. The molecule has 0 unspecified atom stereocenters. The van der Waals surface area contributed by atoms with Crippen LogP contribution in [0.15, 0.2) is 72.0 Å². The third kappa shape index (κ3) is 4.52. The summed E-state index contributed by atoms with van der Waals surface area (Å²) in [4.78, 5) is 14.2. The lowest BCUT2D eigenvalue weighted by Crippen LogP contribution is -2.46. The van der Waals surface area contributed by atoms with Crippen molar-refractivity contribution in [2.75, 3.05) is 24.5 Å². The minimum absolute atomic E-state index is 0.684. The van der Waals surface area contributed by atoms with Crippen molar-refractivity contribution >= 4 is 17.6 Å². The van der Waals surface area contributed by atoms with Gasteiger partial charge in [0, 0.05) is 44.0 Å². The lowest BCUT2D eigenvalue weighted by atomic mass is 9.95. The summed E-state index contributed by atoms with van der Waals surface area (Å²) >= 11 is 1.78. The number of aromatic nitrogens is 2. The second-order valence-electron chi connectivity index (χ2n) is 8.20. The lowest BCUT2D eigenvalue weighted by molar-refractivity contribution is 0.153. The molecule has 0 amide bonds. The number of anilines is 1. The van der Waals surface area contributed by atoms with E-state index in [9.17, 15) is 0 Å². The maximum Gasteiger partial charge on any atom is 0.133 e. The normalized spacial score (nSPS) is 17.7. The van der Waals surface area contributed by atoms with E-state index in [-0.39, 0.29) is 0 Å². The van der Waals surface area contributed by atoms with Gasteiger partial charge in [-0.15, -0.1) is 11.8 Å². The first kappa shape index (κ1) is 19.6. The van der Waals surface area contributed by atoms with E-state index < -0.39 is 0 Å². The number of rotatable bonds is 5. The number of hydrogen-bond donors (Lipinski definition) is 0. The number of piperidine rings is 1. The van der Waals surface area contributed by atoms with Crippen molar-refractivity contribution in [1.29, 1.82) is 0 Å². The minimum Gasteiger partial charge on any atom is -0.356 e. The summed E-state index contributed by atoms with van der Waals surface area (Å²) in [5.41, 5.74) is 4.38. The van der Waals surface area contributed by atoms with E-state index in [1.54, 1.807) is 18.1 Å². The van der Waals surface area contributed by atoms with Gasteiger partial charge in [0.15, 0.2) is 0 Å². The Balaban J connectivity index is 1.17. The standard InChI is InChI=1S/C25H28N4S/c1-2-6-20(7-3-1)18-30-25-16-24(26-19-27-25)28-14-11-23(12-15-28)29-13-10-21-8-4-5-9-22(21)17-29/h1-9,16,19,23H,10-15,17-18H2. The maximum atomic E-state index is 4.57. The summed E-state index contributed by atoms with van der Waals surface area (Å²) in [5.74, 6) is 2.01. The summed E-state index contributed by atoms with van der Waals surface area (Å²) in [6, 6.07) is 22.3. The van der Waals surface area contributed by atoms with E-state index in [0.717, 1.165) is 36.2 Å². The molecule has 30 heavy (non-hydrogen) atoms. The van der Waals surface area contributed by atoms with Gasteiger partial charge in [0.1, 0.15) is 17.2 Å². The molecule has 0 N–H and O–H groups in total. The van der Waals surface area contributed by atoms with Crippen LogP contribution in [0.4, 0.5) is 5.82 Å². The minimum atomic E-state index is 0.684. The molecule has 1 aromatic heterocycles. The summed E-state index contributed by atoms with van der Waals surface area (Å²) < 4.78 is 0. The quantitative estimate of drug-likeness (QED) is 0.441. The fourth-order valence-corrected chi connectivity index (χ4v) is 5.42. The molecule has 1 saturated heterocycles. The largest absolute Gasteiger partial charge is 0.356 e. The van der Waals surface area contributed by atoms with Gasteiger partial charge < -0.3 is 4.90 Å². The molecule has 2 aromatic carbocycles. The average molecular weight is 417 g/mol. The van der Waals surface area contributed by atoms with Crippen molar-refractivity contribution in [2.24, 2.45) is 0 Å². The zero-order valence-corrected chi connectivity index (χ0v) is 18.1. The van der Waals surface area contributed by atoms with E-state index >= 15 is 0 Å². The monoisotopic (exact) mass is 416 g/mol. The zero-order chi connectivity index (χ0) is 20.2. The number of nitrogens with zero attached hydrogens (tertiary/aromatic N) is 4. The van der Waals surface area contributed by atoms with Crippen molar-refractivity contribution in [3.8, 4) is 0 Å². The highest BCUT2D eigenvalue weighted by molar-refractivity contribution is 7.98. The van der Waals surface area contributed by atoms with Crippen LogP contribution in [0, 0.1) is 0 Å². The average Bonchev–Trinajstić information content (AvgIpc) is 2.83. The van der Waals surface area contributed by atoms with Gasteiger partial charge in [-0.25, -0.2) is 9.97 Å². The van der Waals surface area contributed by atoms with Gasteiger partial charge in [-0.3, -0.25) is 4.90 Å². The molecule has 0 radical (unpaired) electrons. The van der Waals surface area contributed by atoms with Gasteiger partial charge in [0.25, 0.3) is 0 Å². The van der Waals surface area contributed by atoms with Crippen LogP contribution in [0.25, 0.3) is 0 Å². The second kappa shape index (κ2) is 9.19. The van der Waals surface area contributed by atoms with Gasteiger partial charge >= 0.3 is 0 Å². The van der Waals surface area contributed by atoms with Crippen LogP contribution >= 0.6 is 11.8 Å².